The van der Waals surface area contributed by atoms with Crippen molar-refractivity contribution in [3.63, 3.8) is 0 Å². The van der Waals surface area contributed by atoms with Crippen LogP contribution >= 0.6 is 0 Å². The number of hydrogen-bond donors (Lipinski definition) is 0. The van der Waals surface area contributed by atoms with Gasteiger partial charge in [-0.3, -0.25) is 4.79 Å². The molecule has 1 aliphatic heterocycles. The molecule has 1 aliphatic rings. The highest BCUT2D eigenvalue weighted by atomic mass is 19.1. The van der Waals surface area contributed by atoms with Crippen molar-refractivity contribution in [2.45, 2.75) is 0 Å². The van der Waals surface area contributed by atoms with Gasteiger partial charge in [-0.25, -0.2) is 9.37 Å². The first-order valence-electron chi connectivity index (χ1n) is 8.35. The summed E-state index contributed by atoms with van der Waals surface area (Å²) < 4.78 is 13.4. The molecular formula is C20H18FN3O. The number of nitrogens with zero attached hydrogens (tertiary/aromatic N) is 3. The zero-order valence-corrected chi connectivity index (χ0v) is 13.7. The topological polar surface area (TPSA) is 36.4 Å². The highest BCUT2D eigenvalue weighted by Crippen LogP contribution is 2.25. The van der Waals surface area contributed by atoms with E-state index in [4.69, 9.17) is 0 Å². The fourth-order valence-corrected chi connectivity index (χ4v) is 3.31. The van der Waals surface area contributed by atoms with Crippen LogP contribution in [0.4, 0.5) is 15.9 Å². The Bertz CT molecular complexity index is 905. The van der Waals surface area contributed by atoms with Gasteiger partial charge in [0, 0.05) is 37.3 Å². The molecule has 0 aliphatic carbocycles. The van der Waals surface area contributed by atoms with Crippen LogP contribution in [0.25, 0.3) is 10.9 Å². The first-order valence-corrected chi connectivity index (χ1v) is 8.35. The summed E-state index contributed by atoms with van der Waals surface area (Å²) in [5, 5.41) is 0.647. The molecule has 0 amide bonds. The summed E-state index contributed by atoms with van der Waals surface area (Å²) in [7, 11) is 0. The van der Waals surface area contributed by atoms with Gasteiger partial charge in [0.15, 0.2) is 6.29 Å². The third-order valence-corrected chi connectivity index (χ3v) is 4.61. The van der Waals surface area contributed by atoms with E-state index in [2.05, 4.69) is 26.9 Å². The SMILES string of the molecule is O=Cc1cc2cc(F)ccc2nc1N1CCN(c2ccccc2)CC1. The Balaban J connectivity index is 1.60. The number of aldehydes is 1. The maximum absolute atomic E-state index is 13.4. The number of hydrogen-bond acceptors (Lipinski definition) is 4. The van der Waals surface area contributed by atoms with E-state index in [0.717, 1.165) is 32.5 Å². The molecule has 4 rings (SSSR count). The number of halogens is 1. The van der Waals surface area contributed by atoms with Crippen molar-refractivity contribution in [3.8, 4) is 0 Å². The second kappa shape index (κ2) is 6.51. The van der Waals surface area contributed by atoms with Gasteiger partial charge >= 0.3 is 0 Å². The van der Waals surface area contributed by atoms with Crippen molar-refractivity contribution in [3.05, 3.63) is 66.0 Å². The van der Waals surface area contributed by atoms with Crippen LogP contribution in [-0.2, 0) is 0 Å². The van der Waals surface area contributed by atoms with Gasteiger partial charge in [0.25, 0.3) is 0 Å². The number of piperazine rings is 1. The number of fused-ring (bicyclic) bond motifs is 1. The van der Waals surface area contributed by atoms with Gasteiger partial charge in [-0.15, -0.1) is 0 Å². The van der Waals surface area contributed by atoms with Gasteiger partial charge in [0.05, 0.1) is 11.1 Å². The lowest BCUT2D eigenvalue weighted by molar-refractivity contribution is 0.112. The summed E-state index contributed by atoms with van der Waals surface area (Å²) in [5.74, 6) is 0.359. The molecule has 0 saturated carbocycles. The van der Waals surface area contributed by atoms with Gasteiger partial charge in [-0.2, -0.15) is 0 Å². The lowest BCUT2D eigenvalue weighted by Crippen LogP contribution is -2.47. The molecule has 1 fully saturated rings. The van der Waals surface area contributed by atoms with Crippen LogP contribution < -0.4 is 9.80 Å². The number of para-hydroxylation sites is 1. The number of carbonyl (C=O) groups is 1. The Morgan fingerprint density at radius 2 is 1.64 bits per heavy atom. The highest BCUT2D eigenvalue weighted by molar-refractivity contribution is 5.91. The zero-order chi connectivity index (χ0) is 17.2. The van der Waals surface area contributed by atoms with Crippen LogP contribution in [0.1, 0.15) is 10.4 Å². The predicted octanol–water partition coefficient (Wildman–Crippen LogP) is 3.51. The monoisotopic (exact) mass is 335 g/mol. The lowest BCUT2D eigenvalue weighted by atomic mass is 10.1. The Morgan fingerprint density at radius 1 is 0.920 bits per heavy atom. The minimum Gasteiger partial charge on any atom is -0.368 e. The lowest BCUT2D eigenvalue weighted by Gasteiger charge is -2.37. The average molecular weight is 335 g/mol. The van der Waals surface area contributed by atoms with Crippen LogP contribution in [0.3, 0.4) is 0 Å². The molecule has 2 aromatic carbocycles. The van der Waals surface area contributed by atoms with Crippen LogP contribution in [0.5, 0.6) is 0 Å². The Morgan fingerprint density at radius 3 is 2.36 bits per heavy atom. The van der Waals surface area contributed by atoms with Crippen molar-refractivity contribution in [2.75, 3.05) is 36.0 Å². The average Bonchev–Trinajstić information content (AvgIpc) is 2.67. The molecule has 126 valence electrons. The molecule has 0 bridgehead atoms. The van der Waals surface area contributed by atoms with Crippen molar-refractivity contribution >= 4 is 28.7 Å². The van der Waals surface area contributed by atoms with E-state index in [1.165, 1.54) is 17.8 Å². The zero-order valence-electron chi connectivity index (χ0n) is 13.7. The summed E-state index contributed by atoms with van der Waals surface area (Å²) in [5.41, 5.74) is 2.42. The Kier molecular flexibility index (Phi) is 4.06. The maximum Gasteiger partial charge on any atom is 0.153 e. The number of rotatable bonds is 3. The molecule has 0 atom stereocenters. The van der Waals surface area contributed by atoms with Crippen LogP contribution in [0, 0.1) is 5.82 Å². The minimum absolute atomic E-state index is 0.324. The van der Waals surface area contributed by atoms with Crippen LogP contribution in [0.15, 0.2) is 54.6 Å². The van der Waals surface area contributed by atoms with Crippen LogP contribution in [0.2, 0.25) is 0 Å². The number of benzene rings is 2. The Hall–Kier alpha value is -2.95. The molecule has 0 spiro atoms. The molecule has 0 unspecified atom stereocenters. The smallest absolute Gasteiger partial charge is 0.153 e. The molecule has 4 nitrogen and oxygen atoms in total. The van der Waals surface area contributed by atoms with E-state index in [9.17, 15) is 9.18 Å². The number of anilines is 2. The van der Waals surface area contributed by atoms with Gasteiger partial charge in [0.1, 0.15) is 11.6 Å². The summed E-state index contributed by atoms with van der Waals surface area (Å²) >= 11 is 0. The van der Waals surface area contributed by atoms with Gasteiger partial charge in [-0.1, -0.05) is 18.2 Å². The van der Waals surface area contributed by atoms with E-state index in [1.54, 1.807) is 12.1 Å². The van der Waals surface area contributed by atoms with E-state index < -0.39 is 0 Å². The summed E-state index contributed by atoms with van der Waals surface area (Å²) in [4.78, 5) is 20.6. The third kappa shape index (κ3) is 3.05. The standard InChI is InChI=1S/C20H18FN3O/c21-17-6-7-19-15(13-17)12-16(14-25)20(22-19)24-10-8-23(9-11-24)18-4-2-1-3-5-18/h1-7,12-14H,8-11H2. The normalized spacial score (nSPS) is 14.8. The molecular weight excluding hydrogens is 317 g/mol. The van der Waals surface area contributed by atoms with Gasteiger partial charge < -0.3 is 9.80 Å². The maximum atomic E-state index is 13.4. The van der Waals surface area contributed by atoms with Crippen molar-refractivity contribution in [1.82, 2.24) is 4.98 Å². The molecule has 0 N–H and O–H groups in total. The molecule has 25 heavy (non-hydrogen) atoms. The largest absolute Gasteiger partial charge is 0.368 e. The van der Waals surface area contributed by atoms with E-state index in [1.807, 2.05) is 18.2 Å². The molecule has 3 aromatic rings. The fourth-order valence-electron chi connectivity index (χ4n) is 3.31. The van der Waals surface area contributed by atoms with Crippen molar-refractivity contribution in [2.24, 2.45) is 0 Å². The Labute approximate surface area is 145 Å². The van der Waals surface area contributed by atoms with E-state index in [-0.39, 0.29) is 5.82 Å². The summed E-state index contributed by atoms with van der Waals surface area (Å²) in [6, 6.07) is 16.5. The van der Waals surface area contributed by atoms with Crippen LogP contribution in [-0.4, -0.2) is 37.4 Å². The minimum atomic E-state index is -0.324. The number of carbonyl (C=O) groups excluding carboxylic acids is 1. The second-order valence-corrected chi connectivity index (χ2v) is 6.17. The molecule has 1 saturated heterocycles. The van der Waals surface area contributed by atoms with Gasteiger partial charge in [-0.05, 0) is 36.4 Å². The highest BCUT2D eigenvalue weighted by Gasteiger charge is 2.21. The van der Waals surface area contributed by atoms with E-state index in [0.29, 0.717) is 22.3 Å². The van der Waals surface area contributed by atoms with E-state index >= 15 is 0 Å². The summed E-state index contributed by atoms with van der Waals surface area (Å²) in [6.07, 6.45) is 0.802. The van der Waals surface area contributed by atoms with Crippen molar-refractivity contribution < 1.29 is 9.18 Å². The quantitative estimate of drug-likeness (QED) is 0.686. The second-order valence-electron chi connectivity index (χ2n) is 6.17. The first kappa shape index (κ1) is 15.6. The number of aromatic nitrogens is 1. The molecule has 2 heterocycles. The van der Waals surface area contributed by atoms with Crippen molar-refractivity contribution in [1.29, 1.82) is 0 Å². The predicted molar refractivity (Wildman–Crippen MR) is 98.0 cm³/mol. The number of pyridine rings is 1. The molecule has 5 heteroatoms. The summed E-state index contributed by atoms with van der Waals surface area (Å²) in [6.45, 7) is 3.31. The third-order valence-electron chi connectivity index (χ3n) is 4.61. The molecule has 1 aromatic heterocycles. The van der Waals surface area contributed by atoms with Gasteiger partial charge in [0.2, 0.25) is 0 Å². The molecule has 0 radical (unpaired) electrons. The fraction of sp³-hybridized carbons (Fsp3) is 0.200. The first-order chi connectivity index (χ1) is 12.2.